The summed E-state index contributed by atoms with van der Waals surface area (Å²) in [5, 5.41) is 0. The van der Waals surface area contributed by atoms with Gasteiger partial charge in [-0.2, -0.15) is 4.31 Å². The minimum absolute atomic E-state index is 0.0505. The largest absolute Gasteiger partial charge is 0.337 e. The first-order chi connectivity index (χ1) is 7.86. The molecule has 1 rings (SSSR count). The molecule has 98 valence electrons. The maximum Gasteiger partial charge on any atom is 0.214 e. The number of alkyl halides is 1. The van der Waals surface area contributed by atoms with Crippen molar-refractivity contribution in [3.8, 4) is 0 Å². The summed E-state index contributed by atoms with van der Waals surface area (Å²) in [6.45, 7) is 2.10. The third-order valence-electron chi connectivity index (χ3n) is 2.52. The average Bonchev–Trinajstić information content (AvgIpc) is 2.63. The van der Waals surface area contributed by atoms with Crippen LogP contribution in [0.3, 0.4) is 0 Å². The molecule has 0 bridgehead atoms. The number of nitrogens with zero attached hydrogens (tertiary/aromatic N) is 3. The third kappa shape index (κ3) is 3.97. The Morgan fingerprint density at radius 2 is 2.24 bits per heavy atom. The molecule has 1 atom stereocenters. The van der Waals surface area contributed by atoms with Crippen LogP contribution in [0.15, 0.2) is 12.4 Å². The van der Waals surface area contributed by atoms with Gasteiger partial charge in [-0.3, -0.25) is 0 Å². The summed E-state index contributed by atoms with van der Waals surface area (Å²) in [6.07, 6.45) is 3.44. The molecular weight excluding hydrogens is 262 g/mol. The highest BCUT2D eigenvalue weighted by Gasteiger charge is 2.21. The molecule has 7 heteroatoms. The van der Waals surface area contributed by atoms with Crippen molar-refractivity contribution in [2.24, 2.45) is 13.0 Å². The molecule has 0 aliphatic rings. The summed E-state index contributed by atoms with van der Waals surface area (Å²) in [5.74, 6) is 1.08. The first kappa shape index (κ1) is 14.5. The molecule has 0 aromatic carbocycles. The minimum Gasteiger partial charge on any atom is -0.337 e. The number of hydrogen-bond acceptors (Lipinski definition) is 3. The van der Waals surface area contributed by atoms with Gasteiger partial charge in [-0.1, -0.05) is 6.92 Å². The molecule has 0 radical (unpaired) electrons. The highest BCUT2D eigenvalue weighted by Crippen LogP contribution is 2.10. The molecule has 0 amide bonds. The van der Waals surface area contributed by atoms with E-state index in [1.165, 1.54) is 4.31 Å². The summed E-state index contributed by atoms with van der Waals surface area (Å²) in [4.78, 5) is 4.10. The van der Waals surface area contributed by atoms with Crippen molar-refractivity contribution in [1.82, 2.24) is 13.9 Å². The van der Waals surface area contributed by atoms with Crippen LogP contribution in [-0.2, 0) is 23.6 Å². The molecule has 17 heavy (non-hydrogen) atoms. The summed E-state index contributed by atoms with van der Waals surface area (Å²) in [6, 6.07) is 0. The predicted molar refractivity (Wildman–Crippen MR) is 68.3 cm³/mol. The molecule has 1 unspecified atom stereocenters. The van der Waals surface area contributed by atoms with Crippen molar-refractivity contribution >= 4 is 21.6 Å². The van der Waals surface area contributed by atoms with Crippen molar-refractivity contribution in [3.63, 3.8) is 0 Å². The van der Waals surface area contributed by atoms with Crippen LogP contribution in [0.25, 0.3) is 0 Å². The van der Waals surface area contributed by atoms with Crippen LogP contribution in [0.4, 0.5) is 0 Å². The molecule has 0 aliphatic heterocycles. The second kappa shape index (κ2) is 5.84. The van der Waals surface area contributed by atoms with Gasteiger partial charge in [-0.15, -0.1) is 11.6 Å². The fraction of sp³-hybridized carbons (Fsp3) is 0.700. The predicted octanol–water partition coefficient (Wildman–Crippen LogP) is 1.06. The molecule has 1 aromatic heterocycles. The second-order valence-electron chi connectivity index (χ2n) is 4.25. The van der Waals surface area contributed by atoms with Gasteiger partial charge in [0.2, 0.25) is 10.0 Å². The number of hydrogen-bond donors (Lipinski definition) is 0. The lowest BCUT2D eigenvalue weighted by Crippen LogP contribution is -2.32. The smallest absolute Gasteiger partial charge is 0.214 e. The van der Waals surface area contributed by atoms with Gasteiger partial charge < -0.3 is 4.57 Å². The first-order valence-corrected chi connectivity index (χ1v) is 7.47. The summed E-state index contributed by atoms with van der Waals surface area (Å²) in [5.41, 5.74) is 0. The molecule has 0 fully saturated rings. The minimum atomic E-state index is -3.27. The first-order valence-electron chi connectivity index (χ1n) is 5.33. The Morgan fingerprint density at radius 1 is 1.59 bits per heavy atom. The third-order valence-corrected chi connectivity index (χ3v) is 5.11. The van der Waals surface area contributed by atoms with Gasteiger partial charge in [-0.25, -0.2) is 13.4 Å². The zero-order valence-corrected chi connectivity index (χ0v) is 11.9. The van der Waals surface area contributed by atoms with E-state index in [9.17, 15) is 8.42 Å². The second-order valence-corrected chi connectivity index (χ2v) is 6.68. The van der Waals surface area contributed by atoms with Crippen molar-refractivity contribution in [2.75, 3.05) is 18.7 Å². The monoisotopic (exact) mass is 279 g/mol. The molecule has 0 saturated heterocycles. The molecule has 1 heterocycles. The number of aryl methyl sites for hydroxylation is 1. The maximum atomic E-state index is 12.0. The number of sulfonamides is 1. The average molecular weight is 280 g/mol. The van der Waals surface area contributed by atoms with Crippen LogP contribution in [0.5, 0.6) is 0 Å². The molecule has 0 N–H and O–H groups in total. The highest BCUT2D eigenvalue weighted by atomic mass is 35.5. The fourth-order valence-electron chi connectivity index (χ4n) is 1.38. The summed E-state index contributed by atoms with van der Waals surface area (Å²) >= 11 is 5.63. The maximum absolute atomic E-state index is 12.0. The van der Waals surface area contributed by atoms with Gasteiger partial charge in [-0.05, 0) is 5.92 Å². The van der Waals surface area contributed by atoms with Gasteiger partial charge in [0.1, 0.15) is 5.82 Å². The molecule has 5 nitrogen and oxygen atoms in total. The lowest BCUT2D eigenvalue weighted by atomic mass is 10.3. The lowest BCUT2D eigenvalue weighted by molar-refractivity contribution is 0.445. The molecule has 0 spiro atoms. The van der Waals surface area contributed by atoms with Gasteiger partial charge in [0.15, 0.2) is 0 Å². The quantitative estimate of drug-likeness (QED) is 0.732. The van der Waals surface area contributed by atoms with E-state index in [0.717, 1.165) is 5.82 Å². The van der Waals surface area contributed by atoms with Crippen LogP contribution in [-0.4, -0.2) is 41.0 Å². The van der Waals surface area contributed by atoms with E-state index in [4.69, 9.17) is 11.6 Å². The highest BCUT2D eigenvalue weighted by molar-refractivity contribution is 7.89. The fourth-order valence-corrected chi connectivity index (χ4v) is 3.02. The van der Waals surface area contributed by atoms with Crippen molar-refractivity contribution in [3.05, 3.63) is 18.2 Å². The van der Waals surface area contributed by atoms with Crippen molar-refractivity contribution in [2.45, 2.75) is 13.5 Å². The van der Waals surface area contributed by atoms with Crippen molar-refractivity contribution in [1.29, 1.82) is 0 Å². The van der Waals surface area contributed by atoms with Crippen LogP contribution in [0, 0.1) is 5.92 Å². The van der Waals surface area contributed by atoms with E-state index >= 15 is 0 Å². The van der Waals surface area contributed by atoms with Crippen LogP contribution in [0.2, 0.25) is 0 Å². The van der Waals surface area contributed by atoms with E-state index in [1.807, 2.05) is 14.0 Å². The standard InChI is InChI=1S/C10H18ClN3O2S/c1-9(6-11)8-17(15,16)14(3)7-10-12-4-5-13(10)2/h4-5,9H,6-8H2,1-3H3. The Morgan fingerprint density at radius 3 is 2.71 bits per heavy atom. The van der Waals surface area contributed by atoms with Crippen LogP contribution >= 0.6 is 11.6 Å². The van der Waals surface area contributed by atoms with Gasteiger partial charge in [0.05, 0.1) is 12.3 Å². The topological polar surface area (TPSA) is 55.2 Å². The van der Waals surface area contributed by atoms with Crippen molar-refractivity contribution < 1.29 is 8.42 Å². The normalized spacial score (nSPS) is 14.2. The number of halogens is 1. The van der Waals surface area contributed by atoms with Gasteiger partial charge in [0, 0.05) is 32.4 Å². The van der Waals surface area contributed by atoms with Gasteiger partial charge in [0.25, 0.3) is 0 Å². The Bertz CT molecular complexity index is 458. The lowest BCUT2D eigenvalue weighted by Gasteiger charge is -2.18. The van der Waals surface area contributed by atoms with E-state index in [0.29, 0.717) is 5.88 Å². The molecule has 0 aliphatic carbocycles. The SMILES string of the molecule is CC(CCl)CS(=O)(=O)N(C)Cc1nccn1C. The zero-order valence-electron chi connectivity index (χ0n) is 10.3. The Kier molecular flexibility index (Phi) is 4.97. The Hall–Kier alpha value is -0.590. The summed E-state index contributed by atoms with van der Waals surface area (Å²) < 4.78 is 27.1. The Labute approximate surface area is 107 Å². The zero-order chi connectivity index (χ0) is 13.1. The van der Waals surface area contributed by atoms with E-state index in [-0.39, 0.29) is 18.2 Å². The van der Waals surface area contributed by atoms with Gasteiger partial charge >= 0.3 is 0 Å². The summed E-state index contributed by atoms with van der Waals surface area (Å²) in [7, 11) is 0.129. The van der Waals surface area contributed by atoms with Crippen LogP contribution in [0.1, 0.15) is 12.7 Å². The number of imidazole rings is 1. The van der Waals surface area contributed by atoms with E-state index in [2.05, 4.69) is 4.98 Å². The molecule has 0 saturated carbocycles. The molecular formula is C10H18ClN3O2S. The van der Waals surface area contributed by atoms with Crippen LogP contribution < -0.4 is 0 Å². The Balaban J connectivity index is 2.70. The number of aromatic nitrogens is 2. The molecule has 1 aromatic rings. The van der Waals surface area contributed by atoms with E-state index < -0.39 is 10.0 Å². The van der Waals surface area contributed by atoms with E-state index in [1.54, 1.807) is 24.0 Å². The number of rotatable bonds is 6.